The molecule has 1 aliphatic rings. The van der Waals surface area contributed by atoms with Gasteiger partial charge in [0.2, 0.25) is 0 Å². The van der Waals surface area contributed by atoms with Crippen LogP contribution >= 0.6 is 0 Å². The van der Waals surface area contributed by atoms with Gasteiger partial charge in [-0.2, -0.15) is 0 Å². The van der Waals surface area contributed by atoms with E-state index in [4.69, 9.17) is 9.47 Å². The molecule has 2 N–H and O–H groups in total. The molecule has 0 saturated heterocycles. The third-order valence-corrected chi connectivity index (χ3v) is 6.01. The quantitative estimate of drug-likeness (QED) is 0.447. The normalized spacial score (nSPS) is 13.2. The first-order valence-electron chi connectivity index (χ1n) is 11.2. The Balaban J connectivity index is 1.47. The second kappa shape index (κ2) is 9.14. The summed E-state index contributed by atoms with van der Waals surface area (Å²) in [6, 6.07) is 17.8. The highest BCUT2D eigenvalue weighted by atomic mass is 16.5. The van der Waals surface area contributed by atoms with Gasteiger partial charge in [0.15, 0.2) is 5.60 Å². The van der Waals surface area contributed by atoms with Crippen molar-refractivity contribution >= 4 is 5.91 Å². The number of fused-ring (bicyclic) bond motifs is 1. The predicted molar refractivity (Wildman–Crippen MR) is 131 cm³/mol. The molecule has 0 aromatic heterocycles. The molecule has 1 heterocycles. The summed E-state index contributed by atoms with van der Waals surface area (Å²) in [7, 11) is 0. The molecule has 0 saturated carbocycles. The number of nitrogens with zero attached hydrogens (tertiary/aromatic N) is 1. The van der Waals surface area contributed by atoms with Gasteiger partial charge in [0.1, 0.15) is 28.8 Å². The van der Waals surface area contributed by atoms with E-state index in [1.807, 2.05) is 30.0 Å². The Kier molecular flexibility index (Phi) is 6.24. The van der Waals surface area contributed by atoms with E-state index in [0.717, 1.165) is 16.7 Å². The summed E-state index contributed by atoms with van der Waals surface area (Å²) in [4.78, 5) is 15.0. The second-order valence-corrected chi connectivity index (χ2v) is 9.05. The van der Waals surface area contributed by atoms with Gasteiger partial charge in [-0.15, -0.1) is 0 Å². The molecule has 0 fully saturated rings. The van der Waals surface area contributed by atoms with Crippen LogP contribution in [0.1, 0.15) is 40.9 Å². The van der Waals surface area contributed by atoms with Crippen LogP contribution in [0.25, 0.3) is 0 Å². The molecule has 0 spiro atoms. The van der Waals surface area contributed by atoms with Gasteiger partial charge in [-0.1, -0.05) is 18.7 Å². The van der Waals surface area contributed by atoms with Gasteiger partial charge in [0.05, 0.1) is 0 Å². The molecule has 6 nitrogen and oxygen atoms in total. The number of rotatable bonds is 6. The lowest BCUT2D eigenvalue weighted by Crippen LogP contribution is -2.35. The summed E-state index contributed by atoms with van der Waals surface area (Å²) in [6.45, 7) is 10.0. The summed E-state index contributed by atoms with van der Waals surface area (Å²) in [6.07, 6.45) is 0.708. The Morgan fingerprint density at radius 2 is 1.79 bits per heavy atom. The Hall–Kier alpha value is -3.93. The third kappa shape index (κ3) is 5.01. The number of aromatic hydroxyl groups is 1. The van der Waals surface area contributed by atoms with Crippen molar-refractivity contribution in [3.05, 3.63) is 95.3 Å². The van der Waals surface area contributed by atoms with Crippen LogP contribution in [0.2, 0.25) is 0 Å². The molecule has 176 valence electrons. The maximum atomic E-state index is 13.1. The number of aliphatic hydroxyl groups is 1. The zero-order valence-corrected chi connectivity index (χ0v) is 19.7. The van der Waals surface area contributed by atoms with Crippen LogP contribution < -0.4 is 9.47 Å². The topological polar surface area (TPSA) is 79.2 Å². The van der Waals surface area contributed by atoms with Crippen molar-refractivity contribution in [1.82, 2.24) is 4.90 Å². The number of aliphatic hydroxyl groups excluding tert-OH is 1. The SMILES string of the molecule is C=C(O)C(C)(C)Oc1ccc(Oc2cccc(C(=O)N3CCc4cc(O)ccc4C3)c2)cc1C. The van der Waals surface area contributed by atoms with Crippen LogP contribution in [0.15, 0.2) is 73.0 Å². The molecule has 0 radical (unpaired) electrons. The lowest BCUT2D eigenvalue weighted by atomic mass is 9.99. The molecule has 0 aliphatic carbocycles. The standard InChI is InChI=1S/C28H29NO5/c1-18-14-25(10-11-26(18)34-28(3,4)19(2)30)33-24-7-5-6-21(16-24)27(32)29-13-12-20-15-23(31)9-8-22(20)17-29/h5-11,14-16,30-31H,2,12-13,17H2,1,3-4H3. The zero-order chi connectivity index (χ0) is 24.5. The summed E-state index contributed by atoms with van der Waals surface area (Å²) in [5.41, 5.74) is 2.62. The minimum atomic E-state index is -0.906. The third-order valence-electron chi connectivity index (χ3n) is 6.01. The molecule has 34 heavy (non-hydrogen) atoms. The van der Waals surface area contributed by atoms with Crippen molar-refractivity contribution in [2.75, 3.05) is 6.54 Å². The van der Waals surface area contributed by atoms with Gasteiger partial charge in [-0.25, -0.2) is 0 Å². The Labute approximate surface area is 199 Å². The first-order chi connectivity index (χ1) is 16.1. The van der Waals surface area contributed by atoms with Crippen molar-refractivity contribution in [2.45, 2.75) is 39.3 Å². The molecule has 0 unspecified atom stereocenters. The first-order valence-corrected chi connectivity index (χ1v) is 11.2. The lowest BCUT2D eigenvalue weighted by Gasteiger charge is -2.29. The van der Waals surface area contributed by atoms with E-state index in [1.54, 1.807) is 56.3 Å². The fraction of sp³-hybridized carbons (Fsp3) is 0.250. The molecule has 0 bridgehead atoms. The summed E-state index contributed by atoms with van der Waals surface area (Å²) < 4.78 is 11.9. The first kappa shape index (κ1) is 23.2. The van der Waals surface area contributed by atoms with Crippen LogP contribution in [0, 0.1) is 6.92 Å². The van der Waals surface area contributed by atoms with Gasteiger partial charge in [-0.3, -0.25) is 4.79 Å². The molecule has 3 aromatic carbocycles. The minimum Gasteiger partial charge on any atom is -0.509 e. The van der Waals surface area contributed by atoms with Gasteiger partial charge < -0.3 is 24.6 Å². The largest absolute Gasteiger partial charge is 0.509 e. The molecule has 0 atom stereocenters. The molecule has 1 aliphatic heterocycles. The number of hydrogen-bond acceptors (Lipinski definition) is 5. The highest BCUT2D eigenvalue weighted by Crippen LogP contribution is 2.31. The average molecular weight is 460 g/mol. The van der Waals surface area contributed by atoms with Crippen molar-refractivity contribution < 1.29 is 24.5 Å². The Morgan fingerprint density at radius 1 is 1.03 bits per heavy atom. The number of amides is 1. The van der Waals surface area contributed by atoms with Crippen molar-refractivity contribution in [1.29, 1.82) is 0 Å². The van der Waals surface area contributed by atoms with E-state index in [9.17, 15) is 15.0 Å². The van der Waals surface area contributed by atoms with E-state index in [0.29, 0.717) is 42.3 Å². The fourth-order valence-corrected chi connectivity index (χ4v) is 3.86. The smallest absolute Gasteiger partial charge is 0.254 e. The van der Waals surface area contributed by atoms with Gasteiger partial charge in [0.25, 0.3) is 5.91 Å². The number of hydrogen-bond donors (Lipinski definition) is 2. The molecular formula is C28H29NO5. The maximum Gasteiger partial charge on any atom is 0.254 e. The van der Waals surface area contributed by atoms with Crippen molar-refractivity contribution in [3.8, 4) is 23.0 Å². The Bertz CT molecular complexity index is 1250. The van der Waals surface area contributed by atoms with Gasteiger partial charge >= 0.3 is 0 Å². The summed E-state index contributed by atoms with van der Waals surface area (Å²) >= 11 is 0. The van der Waals surface area contributed by atoms with E-state index in [-0.39, 0.29) is 17.4 Å². The van der Waals surface area contributed by atoms with E-state index in [1.165, 1.54) is 0 Å². The number of phenolic OH excluding ortho intramolecular Hbond substituents is 1. The fourth-order valence-electron chi connectivity index (χ4n) is 3.86. The van der Waals surface area contributed by atoms with Crippen LogP contribution in [0.3, 0.4) is 0 Å². The average Bonchev–Trinajstić information content (AvgIpc) is 2.80. The molecule has 6 heteroatoms. The second-order valence-electron chi connectivity index (χ2n) is 9.05. The molecule has 1 amide bonds. The van der Waals surface area contributed by atoms with E-state index in [2.05, 4.69) is 6.58 Å². The van der Waals surface area contributed by atoms with Crippen LogP contribution in [-0.4, -0.2) is 33.2 Å². The highest BCUT2D eigenvalue weighted by molar-refractivity contribution is 5.94. The van der Waals surface area contributed by atoms with Crippen LogP contribution in [0.4, 0.5) is 0 Å². The van der Waals surface area contributed by atoms with Crippen molar-refractivity contribution in [2.24, 2.45) is 0 Å². The van der Waals surface area contributed by atoms with E-state index < -0.39 is 5.60 Å². The molecule has 3 aromatic rings. The molecule has 4 rings (SSSR count). The van der Waals surface area contributed by atoms with Crippen LogP contribution in [-0.2, 0) is 13.0 Å². The van der Waals surface area contributed by atoms with E-state index >= 15 is 0 Å². The van der Waals surface area contributed by atoms with Crippen LogP contribution in [0.5, 0.6) is 23.0 Å². The maximum absolute atomic E-state index is 13.1. The molecular weight excluding hydrogens is 430 g/mol. The monoisotopic (exact) mass is 459 g/mol. The number of carbonyl (C=O) groups excluding carboxylic acids is 1. The number of ether oxygens (including phenoxy) is 2. The number of aryl methyl sites for hydroxylation is 1. The zero-order valence-electron chi connectivity index (χ0n) is 19.7. The summed E-state index contributed by atoms with van der Waals surface area (Å²) in [5.74, 6) is 1.93. The number of carbonyl (C=O) groups is 1. The number of benzene rings is 3. The highest BCUT2D eigenvalue weighted by Gasteiger charge is 2.25. The van der Waals surface area contributed by atoms with Crippen molar-refractivity contribution in [3.63, 3.8) is 0 Å². The predicted octanol–water partition coefficient (Wildman–Crippen LogP) is 5.92. The number of phenols is 1. The summed E-state index contributed by atoms with van der Waals surface area (Å²) in [5, 5.41) is 19.4. The lowest BCUT2D eigenvalue weighted by molar-refractivity contribution is 0.0734. The Morgan fingerprint density at radius 3 is 2.53 bits per heavy atom. The van der Waals surface area contributed by atoms with Gasteiger partial charge in [-0.05, 0) is 92.4 Å². The van der Waals surface area contributed by atoms with Gasteiger partial charge in [0, 0.05) is 18.7 Å². The minimum absolute atomic E-state index is 0.0518.